The Morgan fingerprint density at radius 2 is 1.52 bits per heavy atom. The second-order valence-electron chi connectivity index (χ2n) is 9.82. The average molecular weight is 589 g/mol. The van der Waals surface area contributed by atoms with Gasteiger partial charge in [-0.3, -0.25) is 4.79 Å². The first-order valence-corrected chi connectivity index (χ1v) is 13.9. The number of fused-ring (bicyclic) bond motifs is 1. The Kier molecular flexibility index (Phi) is 9.03. The molecule has 1 amide bonds. The molecule has 0 bridgehead atoms. The number of alkyl halides is 3. The van der Waals surface area contributed by atoms with E-state index in [0.29, 0.717) is 47.3 Å². The fourth-order valence-corrected chi connectivity index (χ4v) is 4.90. The molecule has 0 atom stereocenters. The maximum Gasteiger partial charge on any atom is 0.416 e. The maximum atomic E-state index is 13.1. The Labute approximate surface area is 247 Å². The molecule has 1 aromatic heterocycles. The Balaban J connectivity index is 1.40. The third-order valence-electron chi connectivity index (χ3n) is 6.86. The lowest BCUT2D eigenvalue weighted by Crippen LogP contribution is -2.33. The van der Waals surface area contributed by atoms with Crippen LogP contribution in [0.25, 0.3) is 22.3 Å². The molecule has 0 aliphatic rings. The SMILES string of the molecule is O=C(CCN(CCc1ccccc1)c1nc(-c2ccccc2Cl)nc2ccccc12)NCc1cccc(C(F)(F)F)c1. The van der Waals surface area contributed by atoms with E-state index in [-0.39, 0.29) is 18.9 Å². The van der Waals surface area contributed by atoms with Crippen LogP contribution in [0.15, 0.2) is 103 Å². The second-order valence-corrected chi connectivity index (χ2v) is 10.2. The van der Waals surface area contributed by atoms with Gasteiger partial charge in [0.15, 0.2) is 5.82 Å². The standard InChI is InChI=1S/C33H28ClF3N4O/c34-28-15-6-4-13-26(28)31-39-29-16-7-5-14-27(29)32(40-31)41(19-17-23-9-2-1-3-10-23)20-18-30(42)38-22-24-11-8-12-25(21-24)33(35,36)37/h1-16,21H,17-20,22H2,(H,38,42). The topological polar surface area (TPSA) is 58.1 Å². The van der Waals surface area contributed by atoms with Crippen molar-refractivity contribution < 1.29 is 18.0 Å². The molecule has 5 rings (SSSR count). The van der Waals surface area contributed by atoms with Crippen molar-refractivity contribution in [2.45, 2.75) is 25.6 Å². The molecule has 0 spiro atoms. The predicted molar refractivity (Wildman–Crippen MR) is 160 cm³/mol. The van der Waals surface area contributed by atoms with E-state index < -0.39 is 11.7 Å². The van der Waals surface area contributed by atoms with Crippen LogP contribution in [0.5, 0.6) is 0 Å². The highest BCUT2D eigenvalue weighted by Crippen LogP contribution is 2.32. The number of nitrogens with zero attached hydrogens (tertiary/aromatic N) is 3. The van der Waals surface area contributed by atoms with Gasteiger partial charge in [0.25, 0.3) is 0 Å². The van der Waals surface area contributed by atoms with Crippen molar-refractivity contribution in [3.05, 3.63) is 125 Å². The molecule has 0 aliphatic carbocycles. The van der Waals surface area contributed by atoms with E-state index in [1.54, 1.807) is 12.1 Å². The van der Waals surface area contributed by atoms with Gasteiger partial charge in [0, 0.05) is 37.0 Å². The van der Waals surface area contributed by atoms with E-state index in [1.165, 1.54) is 6.07 Å². The minimum Gasteiger partial charge on any atom is -0.355 e. The number of nitrogens with one attached hydrogen (secondary N) is 1. The number of amides is 1. The van der Waals surface area contributed by atoms with Crippen LogP contribution in [0.3, 0.4) is 0 Å². The van der Waals surface area contributed by atoms with E-state index in [9.17, 15) is 18.0 Å². The minimum absolute atomic E-state index is 0.000138. The van der Waals surface area contributed by atoms with Crippen LogP contribution in [-0.4, -0.2) is 29.0 Å². The molecular weight excluding hydrogens is 561 g/mol. The summed E-state index contributed by atoms with van der Waals surface area (Å²) in [5.74, 6) is 0.881. The molecule has 214 valence electrons. The summed E-state index contributed by atoms with van der Waals surface area (Å²) >= 11 is 6.50. The smallest absolute Gasteiger partial charge is 0.355 e. The van der Waals surface area contributed by atoms with Crippen molar-refractivity contribution in [1.29, 1.82) is 0 Å². The molecule has 0 saturated heterocycles. The summed E-state index contributed by atoms with van der Waals surface area (Å²) in [6.07, 6.45) is -3.61. The number of hydrogen-bond donors (Lipinski definition) is 1. The summed E-state index contributed by atoms with van der Waals surface area (Å²) in [4.78, 5) is 24.7. The van der Waals surface area contributed by atoms with Gasteiger partial charge in [-0.05, 0) is 53.9 Å². The number of carbonyl (C=O) groups is 1. The van der Waals surface area contributed by atoms with Crippen LogP contribution in [0.2, 0.25) is 5.02 Å². The van der Waals surface area contributed by atoms with Crippen molar-refractivity contribution >= 4 is 34.2 Å². The monoisotopic (exact) mass is 588 g/mol. The molecule has 0 unspecified atom stereocenters. The first-order chi connectivity index (χ1) is 20.3. The number of benzene rings is 4. The molecule has 42 heavy (non-hydrogen) atoms. The number of hydrogen-bond acceptors (Lipinski definition) is 4. The molecule has 1 N–H and O–H groups in total. The number of halogens is 4. The van der Waals surface area contributed by atoms with E-state index >= 15 is 0 Å². The molecule has 0 saturated carbocycles. The van der Waals surface area contributed by atoms with Crippen LogP contribution in [0.1, 0.15) is 23.1 Å². The maximum absolute atomic E-state index is 13.1. The molecule has 4 aromatic carbocycles. The summed E-state index contributed by atoms with van der Waals surface area (Å²) in [7, 11) is 0. The first kappa shape index (κ1) is 29.1. The number of para-hydroxylation sites is 1. The van der Waals surface area contributed by atoms with E-state index in [2.05, 4.69) is 10.2 Å². The third-order valence-corrected chi connectivity index (χ3v) is 7.19. The van der Waals surface area contributed by atoms with Crippen molar-refractivity contribution in [2.24, 2.45) is 0 Å². The summed E-state index contributed by atoms with van der Waals surface area (Å²) in [5.41, 5.74) is 2.22. The van der Waals surface area contributed by atoms with Gasteiger partial charge in [-0.15, -0.1) is 0 Å². The lowest BCUT2D eigenvalue weighted by molar-refractivity contribution is -0.137. The van der Waals surface area contributed by atoms with Crippen LogP contribution in [-0.2, 0) is 23.9 Å². The Morgan fingerprint density at radius 1 is 0.810 bits per heavy atom. The fourth-order valence-electron chi connectivity index (χ4n) is 4.68. The normalized spacial score (nSPS) is 11.4. The van der Waals surface area contributed by atoms with Gasteiger partial charge in [0.2, 0.25) is 5.91 Å². The lowest BCUT2D eigenvalue weighted by Gasteiger charge is -2.25. The molecule has 0 radical (unpaired) electrons. The fraction of sp³-hybridized carbons (Fsp3) is 0.182. The molecule has 0 fully saturated rings. The van der Waals surface area contributed by atoms with Gasteiger partial charge < -0.3 is 10.2 Å². The van der Waals surface area contributed by atoms with E-state index in [1.807, 2.05) is 72.8 Å². The zero-order valence-corrected chi connectivity index (χ0v) is 23.4. The van der Waals surface area contributed by atoms with E-state index in [4.69, 9.17) is 21.6 Å². The highest BCUT2D eigenvalue weighted by atomic mass is 35.5. The van der Waals surface area contributed by atoms with Crippen LogP contribution in [0, 0.1) is 0 Å². The molecule has 1 heterocycles. The largest absolute Gasteiger partial charge is 0.416 e. The molecule has 5 aromatic rings. The van der Waals surface area contributed by atoms with Crippen molar-refractivity contribution in [3.8, 4) is 11.4 Å². The van der Waals surface area contributed by atoms with Crippen molar-refractivity contribution in [1.82, 2.24) is 15.3 Å². The van der Waals surface area contributed by atoms with Gasteiger partial charge in [-0.2, -0.15) is 13.2 Å². The molecule has 0 aliphatic heterocycles. The lowest BCUT2D eigenvalue weighted by atomic mass is 10.1. The van der Waals surface area contributed by atoms with Crippen LogP contribution >= 0.6 is 11.6 Å². The summed E-state index contributed by atoms with van der Waals surface area (Å²) in [5, 5.41) is 4.13. The second kappa shape index (κ2) is 13.0. The highest BCUT2D eigenvalue weighted by molar-refractivity contribution is 6.33. The molecule has 5 nitrogen and oxygen atoms in total. The van der Waals surface area contributed by atoms with Crippen LogP contribution in [0.4, 0.5) is 19.0 Å². The Morgan fingerprint density at radius 3 is 2.31 bits per heavy atom. The van der Waals surface area contributed by atoms with Gasteiger partial charge in [0.1, 0.15) is 5.82 Å². The third kappa shape index (κ3) is 7.25. The predicted octanol–water partition coefficient (Wildman–Crippen LogP) is 7.72. The highest BCUT2D eigenvalue weighted by Gasteiger charge is 2.30. The van der Waals surface area contributed by atoms with Gasteiger partial charge in [-0.25, -0.2) is 9.97 Å². The number of rotatable bonds is 10. The zero-order chi connectivity index (χ0) is 29.5. The summed E-state index contributed by atoms with van der Waals surface area (Å²) < 4.78 is 39.3. The van der Waals surface area contributed by atoms with E-state index in [0.717, 1.165) is 28.6 Å². The quantitative estimate of drug-likeness (QED) is 0.181. The zero-order valence-electron chi connectivity index (χ0n) is 22.6. The van der Waals surface area contributed by atoms with Crippen molar-refractivity contribution in [3.63, 3.8) is 0 Å². The van der Waals surface area contributed by atoms with Crippen LogP contribution < -0.4 is 10.2 Å². The number of carbonyl (C=O) groups excluding carboxylic acids is 1. The molecular formula is C33H28ClF3N4O. The van der Waals surface area contributed by atoms with Gasteiger partial charge >= 0.3 is 6.18 Å². The Bertz CT molecular complexity index is 1680. The van der Waals surface area contributed by atoms with Gasteiger partial charge in [-0.1, -0.05) is 78.3 Å². The number of anilines is 1. The van der Waals surface area contributed by atoms with Crippen molar-refractivity contribution in [2.75, 3.05) is 18.0 Å². The van der Waals surface area contributed by atoms with Gasteiger partial charge in [0.05, 0.1) is 16.1 Å². The molecule has 9 heteroatoms. The first-order valence-electron chi connectivity index (χ1n) is 13.5. The number of aromatic nitrogens is 2. The Hall–Kier alpha value is -4.43. The summed E-state index contributed by atoms with van der Waals surface area (Å²) in [6.45, 7) is 0.915. The minimum atomic E-state index is -4.44. The average Bonchev–Trinajstić information content (AvgIpc) is 3.00. The summed E-state index contributed by atoms with van der Waals surface area (Å²) in [6, 6.07) is 30.1.